The van der Waals surface area contributed by atoms with Gasteiger partial charge in [0.25, 0.3) is 0 Å². The Hall–Kier alpha value is -2.23. The van der Waals surface area contributed by atoms with E-state index in [2.05, 4.69) is 26.3 Å². The molecule has 0 radical (unpaired) electrons. The van der Waals surface area contributed by atoms with Gasteiger partial charge in [0, 0.05) is 51.6 Å². The largest absolute Gasteiger partial charge is 0.343 e. The Morgan fingerprint density at radius 2 is 2.12 bits per heavy atom. The third-order valence-electron chi connectivity index (χ3n) is 5.05. The molecule has 3 rings (SSSR count). The van der Waals surface area contributed by atoms with Crippen LogP contribution in [0, 0.1) is 18.3 Å². The molecule has 1 saturated heterocycles. The summed E-state index contributed by atoms with van der Waals surface area (Å²) in [6.45, 7) is 3.60. The van der Waals surface area contributed by atoms with Gasteiger partial charge >= 0.3 is 0 Å². The van der Waals surface area contributed by atoms with Crippen LogP contribution in [0.25, 0.3) is 0 Å². The van der Waals surface area contributed by atoms with Crippen molar-refractivity contribution in [2.24, 2.45) is 16.1 Å². The number of amides is 1. The van der Waals surface area contributed by atoms with Crippen molar-refractivity contribution < 1.29 is 9.32 Å². The number of piperidine rings is 1. The molecule has 1 aromatic rings. The number of rotatable bonds is 8. The third kappa shape index (κ3) is 4.65. The molecule has 0 unspecified atom stereocenters. The maximum Gasteiger partial charge on any atom is 0.226 e. The fourth-order valence-corrected chi connectivity index (χ4v) is 3.28. The van der Waals surface area contributed by atoms with E-state index in [4.69, 9.17) is 10.9 Å². The molecule has 1 amide bonds. The number of nitrogens with zero attached hydrogens (tertiary/aromatic N) is 5. The van der Waals surface area contributed by atoms with Crippen LogP contribution in [-0.2, 0) is 17.6 Å². The minimum atomic E-state index is -0.366. The van der Waals surface area contributed by atoms with E-state index in [1.165, 1.54) is 0 Å². The smallest absolute Gasteiger partial charge is 0.226 e. The summed E-state index contributed by atoms with van der Waals surface area (Å²) in [4.78, 5) is 18.7. The van der Waals surface area contributed by atoms with Gasteiger partial charge in [-0.05, 0) is 18.8 Å². The molecule has 0 atom stereocenters. The van der Waals surface area contributed by atoms with E-state index in [9.17, 15) is 4.79 Å². The van der Waals surface area contributed by atoms with Crippen LogP contribution in [0.3, 0.4) is 0 Å². The molecule has 0 bridgehead atoms. The number of carbonyl (C=O) groups excluding carboxylic acids is 1. The highest BCUT2D eigenvalue weighted by Crippen LogP contribution is 2.37. The van der Waals surface area contributed by atoms with Crippen molar-refractivity contribution in [3.05, 3.63) is 11.7 Å². The topological polar surface area (TPSA) is 84.0 Å². The van der Waals surface area contributed by atoms with Crippen molar-refractivity contribution in [2.45, 2.75) is 64.0 Å². The highest BCUT2D eigenvalue weighted by atomic mass is 16.5. The molecule has 0 N–H and O–H groups in total. The number of likely N-dealkylation sites (tertiary alicyclic amines) is 1. The normalized spacial score (nSPS) is 19.0. The molecule has 0 spiro atoms. The first-order chi connectivity index (χ1) is 12.1. The highest BCUT2D eigenvalue weighted by molar-refractivity contribution is 5.76. The molecule has 0 aliphatic carbocycles. The molecule has 7 heteroatoms. The quantitative estimate of drug-likeness (QED) is 0.679. The van der Waals surface area contributed by atoms with Crippen molar-refractivity contribution >= 4 is 5.91 Å². The number of terminal acetylenes is 1. The molecule has 134 valence electrons. The molecule has 7 nitrogen and oxygen atoms in total. The molecule has 2 aliphatic heterocycles. The van der Waals surface area contributed by atoms with Crippen LogP contribution >= 0.6 is 0 Å². The minimum absolute atomic E-state index is 0.196. The van der Waals surface area contributed by atoms with E-state index < -0.39 is 0 Å². The molecular weight excluding hydrogens is 318 g/mol. The summed E-state index contributed by atoms with van der Waals surface area (Å²) < 4.78 is 5.27. The maximum absolute atomic E-state index is 12.4. The van der Waals surface area contributed by atoms with Crippen molar-refractivity contribution in [3.63, 3.8) is 0 Å². The minimum Gasteiger partial charge on any atom is -0.343 e. The molecule has 3 heterocycles. The lowest BCUT2D eigenvalue weighted by Gasteiger charge is -2.31. The maximum atomic E-state index is 12.4. The van der Waals surface area contributed by atoms with E-state index in [-0.39, 0.29) is 11.6 Å². The fraction of sp³-hybridized carbons (Fsp3) is 0.722. The number of carbonyl (C=O) groups is 1. The zero-order valence-electron chi connectivity index (χ0n) is 14.8. The number of hydrogen-bond donors (Lipinski definition) is 0. The van der Waals surface area contributed by atoms with Gasteiger partial charge in [-0.1, -0.05) is 12.1 Å². The van der Waals surface area contributed by atoms with E-state index in [0.717, 1.165) is 51.0 Å². The van der Waals surface area contributed by atoms with Gasteiger partial charge in [-0.15, -0.1) is 12.3 Å². The lowest BCUT2D eigenvalue weighted by Crippen LogP contribution is -2.39. The van der Waals surface area contributed by atoms with Crippen LogP contribution in [0.4, 0.5) is 0 Å². The Morgan fingerprint density at radius 3 is 2.72 bits per heavy atom. The summed E-state index contributed by atoms with van der Waals surface area (Å²) in [5, 5.41) is 12.1. The summed E-state index contributed by atoms with van der Waals surface area (Å²) in [5.41, 5.74) is -0.366. The van der Waals surface area contributed by atoms with Crippen LogP contribution in [0.2, 0.25) is 0 Å². The molecule has 25 heavy (non-hydrogen) atoms. The van der Waals surface area contributed by atoms with Crippen LogP contribution in [-0.4, -0.2) is 39.7 Å². The summed E-state index contributed by atoms with van der Waals surface area (Å²) in [6, 6.07) is 0. The zero-order chi connectivity index (χ0) is 17.7. The predicted molar refractivity (Wildman–Crippen MR) is 91.6 cm³/mol. The van der Waals surface area contributed by atoms with Gasteiger partial charge in [-0.2, -0.15) is 15.2 Å². The monoisotopic (exact) mass is 343 g/mol. The second-order valence-corrected chi connectivity index (χ2v) is 6.87. The molecule has 1 aromatic heterocycles. The van der Waals surface area contributed by atoms with Crippen LogP contribution in [0.5, 0.6) is 0 Å². The first-order valence-electron chi connectivity index (χ1n) is 9.11. The summed E-state index contributed by atoms with van der Waals surface area (Å²) in [6.07, 6.45) is 11.4. The van der Waals surface area contributed by atoms with E-state index in [1.54, 1.807) is 0 Å². The zero-order valence-corrected chi connectivity index (χ0v) is 14.8. The Kier molecular flexibility index (Phi) is 5.47. The van der Waals surface area contributed by atoms with Gasteiger partial charge in [0.05, 0.1) is 0 Å². The van der Waals surface area contributed by atoms with Crippen LogP contribution in [0.1, 0.15) is 57.2 Å². The van der Waals surface area contributed by atoms with Gasteiger partial charge in [-0.25, -0.2) is 0 Å². The molecule has 2 aliphatic rings. The van der Waals surface area contributed by atoms with Crippen molar-refractivity contribution in [1.29, 1.82) is 0 Å². The summed E-state index contributed by atoms with van der Waals surface area (Å²) >= 11 is 0. The number of aryl methyl sites for hydroxylation is 1. The average molecular weight is 343 g/mol. The fourth-order valence-electron chi connectivity index (χ4n) is 3.28. The first kappa shape index (κ1) is 17.6. The van der Waals surface area contributed by atoms with Gasteiger partial charge in [0.2, 0.25) is 11.8 Å². The Bertz CT molecular complexity index is 661. The lowest BCUT2D eigenvalue weighted by atomic mass is 9.93. The SMILES string of the molecule is C#CCCC1(CCC(=O)N2CCC(Cc3nc(CC)no3)CC2)N=N1. The van der Waals surface area contributed by atoms with Crippen LogP contribution < -0.4 is 0 Å². The van der Waals surface area contributed by atoms with Crippen molar-refractivity contribution in [2.75, 3.05) is 13.1 Å². The van der Waals surface area contributed by atoms with E-state index in [1.807, 2.05) is 11.8 Å². The van der Waals surface area contributed by atoms with Crippen molar-refractivity contribution in [1.82, 2.24) is 15.0 Å². The summed E-state index contributed by atoms with van der Waals surface area (Å²) in [5.74, 6) is 4.79. The summed E-state index contributed by atoms with van der Waals surface area (Å²) in [7, 11) is 0. The Balaban J connectivity index is 1.38. The standard InChI is InChI=1S/C18H25N5O2/c1-3-5-9-18(21-22-18)10-6-17(24)23-11-7-14(8-12-23)13-16-19-15(4-2)20-25-16/h1,14H,4-13H2,2H3. The Labute approximate surface area is 148 Å². The number of aromatic nitrogens is 2. The highest BCUT2D eigenvalue weighted by Gasteiger charge is 2.39. The van der Waals surface area contributed by atoms with E-state index in [0.29, 0.717) is 31.1 Å². The second kappa shape index (κ2) is 7.77. The third-order valence-corrected chi connectivity index (χ3v) is 5.05. The average Bonchev–Trinajstić information content (AvgIpc) is 3.27. The molecule has 1 fully saturated rings. The first-order valence-corrected chi connectivity index (χ1v) is 9.11. The van der Waals surface area contributed by atoms with Gasteiger partial charge in [0.15, 0.2) is 11.5 Å². The number of hydrogen-bond acceptors (Lipinski definition) is 6. The molecule has 0 aromatic carbocycles. The molecular formula is C18H25N5O2. The van der Waals surface area contributed by atoms with Gasteiger partial charge < -0.3 is 9.42 Å². The molecule has 0 saturated carbocycles. The van der Waals surface area contributed by atoms with E-state index >= 15 is 0 Å². The Morgan fingerprint density at radius 1 is 1.36 bits per heavy atom. The predicted octanol–water partition coefficient (Wildman–Crippen LogP) is 2.77. The second-order valence-electron chi connectivity index (χ2n) is 6.87. The lowest BCUT2D eigenvalue weighted by molar-refractivity contribution is -0.132. The van der Waals surface area contributed by atoms with Gasteiger partial charge in [-0.3, -0.25) is 4.79 Å². The van der Waals surface area contributed by atoms with Gasteiger partial charge in [0.1, 0.15) is 0 Å². The van der Waals surface area contributed by atoms with Crippen LogP contribution in [0.15, 0.2) is 14.8 Å². The van der Waals surface area contributed by atoms with Crippen molar-refractivity contribution in [3.8, 4) is 12.3 Å².